The second kappa shape index (κ2) is 7.48. The Hall–Kier alpha value is -1.10. The summed E-state index contributed by atoms with van der Waals surface area (Å²) in [4.78, 5) is 11.9. The Balaban J connectivity index is 1.56. The van der Waals surface area contributed by atoms with Crippen LogP contribution in [0.1, 0.15) is 32.1 Å². The molecule has 0 spiro atoms. The van der Waals surface area contributed by atoms with Crippen LogP contribution < -0.4 is 5.32 Å². The van der Waals surface area contributed by atoms with E-state index in [0.717, 1.165) is 49.7 Å². The summed E-state index contributed by atoms with van der Waals surface area (Å²) >= 11 is 3.37. The highest BCUT2D eigenvalue weighted by molar-refractivity contribution is 9.10. The highest BCUT2D eigenvalue weighted by Crippen LogP contribution is 2.17. The van der Waals surface area contributed by atoms with Crippen LogP contribution in [0.2, 0.25) is 0 Å². The van der Waals surface area contributed by atoms with Gasteiger partial charge in [-0.3, -0.25) is 9.48 Å². The predicted octanol–water partition coefficient (Wildman–Crippen LogP) is 2.90. The molecule has 1 heterocycles. The molecule has 1 aliphatic rings. The maximum absolute atomic E-state index is 11.9. The molecule has 0 saturated carbocycles. The van der Waals surface area contributed by atoms with Crippen LogP contribution in [0.15, 0.2) is 29.0 Å². The molecule has 1 aromatic heterocycles. The maximum Gasteiger partial charge on any atom is 0.223 e. The molecule has 1 aromatic rings. The van der Waals surface area contributed by atoms with Crippen molar-refractivity contribution in [1.29, 1.82) is 0 Å². The zero-order valence-electron chi connectivity index (χ0n) is 11.0. The van der Waals surface area contributed by atoms with Crippen molar-refractivity contribution in [3.8, 4) is 0 Å². The lowest BCUT2D eigenvalue weighted by atomic mass is 9.94. The van der Waals surface area contributed by atoms with E-state index >= 15 is 0 Å². The van der Waals surface area contributed by atoms with Crippen LogP contribution in [0.4, 0.5) is 0 Å². The van der Waals surface area contributed by atoms with Crippen molar-refractivity contribution < 1.29 is 4.79 Å². The number of carbonyl (C=O) groups is 1. The van der Waals surface area contributed by atoms with Gasteiger partial charge in [0.1, 0.15) is 0 Å². The van der Waals surface area contributed by atoms with E-state index in [0.29, 0.717) is 0 Å². The van der Waals surface area contributed by atoms with Crippen molar-refractivity contribution >= 4 is 21.8 Å². The highest BCUT2D eigenvalue weighted by atomic mass is 79.9. The van der Waals surface area contributed by atoms with E-state index in [1.165, 1.54) is 0 Å². The van der Waals surface area contributed by atoms with Gasteiger partial charge in [-0.1, -0.05) is 12.2 Å². The Bertz CT molecular complexity index is 442. The van der Waals surface area contributed by atoms with Crippen molar-refractivity contribution in [1.82, 2.24) is 15.1 Å². The van der Waals surface area contributed by atoms with Crippen LogP contribution in [0.5, 0.6) is 0 Å². The lowest BCUT2D eigenvalue weighted by molar-refractivity contribution is -0.125. The number of nitrogens with one attached hydrogen (secondary N) is 1. The predicted molar refractivity (Wildman–Crippen MR) is 78.7 cm³/mol. The van der Waals surface area contributed by atoms with E-state index in [-0.39, 0.29) is 11.8 Å². The molecule has 0 aromatic carbocycles. The van der Waals surface area contributed by atoms with E-state index < -0.39 is 0 Å². The van der Waals surface area contributed by atoms with E-state index in [2.05, 4.69) is 38.5 Å². The van der Waals surface area contributed by atoms with Crippen molar-refractivity contribution in [2.45, 2.75) is 38.6 Å². The molecule has 5 heteroatoms. The normalized spacial score (nSPS) is 18.5. The first-order valence-corrected chi connectivity index (χ1v) is 7.65. The third-order valence-electron chi connectivity index (χ3n) is 3.35. The van der Waals surface area contributed by atoms with Crippen LogP contribution in [-0.4, -0.2) is 22.2 Å². The minimum Gasteiger partial charge on any atom is -0.356 e. The summed E-state index contributed by atoms with van der Waals surface area (Å²) in [6.07, 6.45) is 13.0. The Labute approximate surface area is 122 Å². The Kier molecular flexibility index (Phi) is 5.63. The maximum atomic E-state index is 11.9. The summed E-state index contributed by atoms with van der Waals surface area (Å²) in [6.45, 7) is 1.66. The Morgan fingerprint density at radius 3 is 3.05 bits per heavy atom. The van der Waals surface area contributed by atoms with Crippen molar-refractivity contribution in [2.75, 3.05) is 6.54 Å². The minimum atomic E-state index is 0.187. The topological polar surface area (TPSA) is 46.9 Å². The van der Waals surface area contributed by atoms with Crippen LogP contribution in [0, 0.1) is 5.92 Å². The number of allylic oxidation sites excluding steroid dienone is 2. The molecule has 0 unspecified atom stereocenters. The Morgan fingerprint density at radius 1 is 1.47 bits per heavy atom. The standard InChI is InChI=1S/C14H20BrN3O/c15-13-10-17-18(11-13)9-5-4-8-16-14(19)12-6-2-1-3-7-12/h1-2,10-12H,3-9H2,(H,16,19)/t12-/m1/s1. The molecule has 0 fully saturated rings. The van der Waals surface area contributed by atoms with Gasteiger partial charge >= 0.3 is 0 Å². The number of nitrogens with zero attached hydrogens (tertiary/aromatic N) is 2. The second-order valence-corrected chi connectivity index (χ2v) is 5.82. The van der Waals surface area contributed by atoms with Crippen LogP contribution in [0.25, 0.3) is 0 Å². The number of carbonyl (C=O) groups excluding carboxylic acids is 1. The number of aryl methyl sites for hydroxylation is 1. The molecule has 0 saturated heterocycles. The zero-order valence-corrected chi connectivity index (χ0v) is 12.6. The van der Waals surface area contributed by atoms with E-state index in [9.17, 15) is 4.79 Å². The number of hydrogen-bond acceptors (Lipinski definition) is 2. The number of amides is 1. The van der Waals surface area contributed by atoms with Gasteiger partial charge in [0, 0.05) is 25.2 Å². The van der Waals surface area contributed by atoms with Gasteiger partial charge < -0.3 is 5.32 Å². The third-order valence-corrected chi connectivity index (χ3v) is 3.76. The van der Waals surface area contributed by atoms with Crippen molar-refractivity contribution in [3.63, 3.8) is 0 Å². The first-order chi connectivity index (χ1) is 9.25. The lowest BCUT2D eigenvalue weighted by Crippen LogP contribution is -2.32. The average molecular weight is 326 g/mol. The molecule has 1 N–H and O–H groups in total. The average Bonchev–Trinajstić information content (AvgIpc) is 2.85. The van der Waals surface area contributed by atoms with Crippen LogP contribution in [0.3, 0.4) is 0 Å². The minimum absolute atomic E-state index is 0.187. The van der Waals surface area contributed by atoms with Gasteiger partial charge in [0.25, 0.3) is 0 Å². The molecule has 0 radical (unpaired) electrons. The number of hydrogen-bond donors (Lipinski definition) is 1. The molecule has 0 aliphatic heterocycles. The zero-order chi connectivity index (χ0) is 13.5. The molecule has 19 heavy (non-hydrogen) atoms. The number of halogens is 1. The third kappa shape index (κ3) is 4.82. The number of rotatable bonds is 6. The summed E-state index contributed by atoms with van der Waals surface area (Å²) in [5.41, 5.74) is 0. The summed E-state index contributed by atoms with van der Waals surface area (Å²) in [7, 11) is 0. The van der Waals surface area contributed by atoms with Gasteiger partial charge in [0.05, 0.1) is 10.7 Å². The quantitative estimate of drug-likeness (QED) is 0.645. The molecule has 1 atom stereocenters. The van der Waals surface area contributed by atoms with Gasteiger partial charge in [-0.05, 0) is 48.0 Å². The summed E-state index contributed by atoms with van der Waals surface area (Å²) in [6, 6.07) is 0. The molecule has 4 nitrogen and oxygen atoms in total. The lowest BCUT2D eigenvalue weighted by Gasteiger charge is -2.17. The first kappa shape index (κ1) is 14.3. The highest BCUT2D eigenvalue weighted by Gasteiger charge is 2.17. The smallest absolute Gasteiger partial charge is 0.223 e. The molecule has 0 bridgehead atoms. The van der Waals surface area contributed by atoms with Gasteiger partial charge in [-0.2, -0.15) is 5.10 Å². The van der Waals surface area contributed by atoms with Crippen LogP contribution in [-0.2, 0) is 11.3 Å². The van der Waals surface area contributed by atoms with Gasteiger partial charge in [0.15, 0.2) is 0 Å². The Morgan fingerprint density at radius 2 is 2.37 bits per heavy atom. The fourth-order valence-electron chi connectivity index (χ4n) is 2.25. The van der Waals surface area contributed by atoms with Gasteiger partial charge in [-0.15, -0.1) is 0 Å². The number of aromatic nitrogens is 2. The van der Waals surface area contributed by atoms with Crippen molar-refractivity contribution in [2.24, 2.45) is 5.92 Å². The molecule has 104 valence electrons. The van der Waals surface area contributed by atoms with E-state index in [4.69, 9.17) is 0 Å². The van der Waals surface area contributed by atoms with Crippen LogP contribution >= 0.6 is 15.9 Å². The molecular weight excluding hydrogens is 306 g/mol. The van der Waals surface area contributed by atoms with Gasteiger partial charge in [-0.25, -0.2) is 0 Å². The molecule has 2 rings (SSSR count). The fraction of sp³-hybridized carbons (Fsp3) is 0.571. The monoisotopic (exact) mass is 325 g/mol. The van der Waals surface area contributed by atoms with Crippen molar-refractivity contribution in [3.05, 3.63) is 29.0 Å². The van der Waals surface area contributed by atoms with Gasteiger partial charge in [0.2, 0.25) is 5.91 Å². The fourth-order valence-corrected chi connectivity index (χ4v) is 2.58. The SMILES string of the molecule is O=C(NCCCCn1cc(Br)cn1)[C@@H]1CC=CCC1. The largest absolute Gasteiger partial charge is 0.356 e. The molecule has 1 amide bonds. The molecular formula is C14H20BrN3O. The second-order valence-electron chi connectivity index (χ2n) is 4.90. The molecule has 1 aliphatic carbocycles. The first-order valence-electron chi connectivity index (χ1n) is 6.86. The summed E-state index contributed by atoms with van der Waals surface area (Å²) in [5.74, 6) is 0.401. The number of unbranched alkanes of at least 4 members (excludes halogenated alkanes) is 1. The van der Waals surface area contributed by atoms with E-state index in [1.807, 2.05) is 10.9 Å². The van der Waals surface area contributed by atoms with E-state index in [1.54, 1.807) is 6.20 Å². The summed E-state index contributed by atoms with van der Waals surface area (Å²) in [5, 5.41) is 7.23. The summed E-state index contributed by atoms with van der Waals surface area (Å²) < 4.78 is 2.92.